The third-order valence-corrected chi connectivity index (χ3v) is 2.91. The second-order valence-corrected chi connectivity index (χ2v) is 4.09. The van der Waals surface area contributed by atoms with Gasteiger partial charge < -0.3 is 10.5 Å². The van der Waals surface area contributed by atoms with Gasteiger partial charge in [-0.25, -0.2) is 0 Å². The Morgan fingerprint density at radius 1 is 1.47 bits per heavy atom. The van der Waals surface area contributed by atoms with Crippen molar-refractivity contribution in [3.05, 3.63) is 34.1 Å². The van der Waals surface area contributed by atoms with E-state index in [-0.39, 0.29) is 17.9 Å². The van der Waals surface area contributed by atoms with Crippen LogP contribution in [0.3, 0.4) is 0 Å². The smallest absolute Gasteiger partial charge is 0.346 e. The van der Waals surface area contributed by atoms with Crippen molar-refractivity contribution in [2.24, 2.45) is 5.73 Å². The molecule has 0 radical (unpaired) electrons. The summed E-state index contributed by atoms with van der Waals surface area (Å²) in [6.07, 6.45) is 2.23. The van der Waals surface area contributed by atoms with E-state index in [9.17, 15) is 14.5 Å². The zero-order valence-electron chi connectivity index (χ0n) is 9.14. The Morgan fingerprint density at radius 2 is 2.24 bits per heavy atom. The van der Waals surface area contributed by atoms with Crippen LogP contribution in [0, 0.1) is 15.9 Å². The maximum absolute atomic E-state index is 13.3. The lowest BCUT2D eigenvalue weighted by Crippen LogP contribution is -2.33. The van der Waals surface area contributed by atoms with Crippen LogP contribution in [-0.4, -0.2) is 17.1 Å². The molecule has 2 unspecified atom stereocenters. The first kappa shape index (κ1) is 11.8. The zero-order chi connectivity index (χ0) is 12.4. The van der Waals surface area contributed by atoms with Crippen molar-refractivity contribution in [1.29, 1.82) is 0 Å². The van der Waals surface area contributed by atoms with Crippen LogP contribution in [0.4, 0.5) is 10.1 Å². The van der Waals surface area contributed by atoms with Crippen LogP contribution in [0.5, 0.6) is 5.75 Å². The van der Waals surface area contributed by atoms with E-state index in [0.717, 1.165) is 25.3 Å². The van der Waals surface area contributed by atoms with Crippen LogP contribution >= 0.6 is 0 Å². The normalized spacial score (nSPS) is 23.6. The molecule has 2 N–H and O–H groups in total. The SMILES string of the molecule is NC1CCCC1Oc1cccc(F)c1[N+](=O)[O-]. The van der Waals surface area contributed by atoms with Gasteiger partial charge in [0, 0.05) is 6.04 Å². The van der Waals surface area contributed by atoms with Crippen LogP contribution in [0.25, 0.3) is 0 Å². The fourth-order valence-electron chi connectivity index (χ4n) is 2.03. The summed E-state index contributed by atoms with van der Waals surface area (Å²) in [7, 11) is 0. The number of nitrogens with two attached hydrogens (primary N) is 1. The summed E-state index contributed by atoms with van der Waals surface area (Å²) in [5.74, 6) is -0.934. The number of nitrogens with zero attached hydrogens (tertiary/aromatic N) is 1. The number of hydrogen-bond donors (Lipinski definition) is 1. The predicted molar refractivity (Wildman–Crippen MR) is 59.3 cm³/mol. The van der Waals surface area contributed by atoms with E-state index < -0.39 is 16.4 Å². The molecule has 1 aliphatic carbocycles. The largest absolute Gasteiger partial charge is 0.482 e. The summed E-state index contributed by atoms with van der Waals surface area (Å²) in [4.78, 5) is 9.98. The molecule has 1 saturated carbocycles. The highest BCUT2D eigenvalue weighted by molar-refractivity contribution is 5.47. The third-order valence-electron chi connectivity index (χ3n) is 2.91. The molecule has 17 heavy (non-hydrogen) atoms. The summed E-state index contributed by atoms with van der Waals surface area (Å²) >= 11 is 0. The van der Waals surface area contributed by atoms with Crippen LogP contribution in [0.2, 0.25) is 0 Å². The highest BCUT2D eigenvalue weighted by Crippen LogP contribution is 2.32. The van der Waals surface area contributed by atoms with Crippen LogP contribution in [-0.2, 0) is 0 Å². The fraction of sp³-hybridized carbons (Fsp3) is 0.455. The second kappa shape index (κ2) is 4.67. The monoisotopic (exact) mass is 240 g/mol. The van der Waals surface area contributed by atoms with E-state index >= 15 is 0 Å². The Morgan fingerprint density at radius 3 is 2.82 bits per heavy atom. The maximum Gasteiger partial charge on any atom is 0.346 e. The second-order valence-electron chi connectivity index (χ2n) is 4.09. The Balaban J connectivity index is 2.26. The van der Waals surface area contributed by atoms with Gasteiger partial charge in [-0.1, -0.05) is 6.07 Å². The first-order chi connectivity index (χ1) is 8.09. The van der Waals surface area contributed by atoms with Crippen LogP contribution < -0.4 is 10.5 Å². The molecule has 0 aliphatic heterocycles. The van der Waals surface area contributed by atoms with Crippen molar-refractivity contribution in [2.75, 3.05) is 0 Å². The predicted octanol–water partition coefficient (Wildman–Crippen LogP) is 1.99. The van der Waals surface area contributed by atoms with Gasteiger partial charge >= 0.3 is 5.69 Å². The molecular formula is C11H13FN2O3. The molecule has 5 nitrogen and oxygen atoms in total. The summed E-state index contributed by atoms with van der Waals surface area (Å²) in [6, 6.07) is 3.68. The number of rotatable bonds is 3. The Bertz CT molecular complexity index is 439. The Hall–Kier alpha value is -1.69. The van der Waals surface area contributed by atoms with Gasteiger partial charge in [0.25, 0.3) is 0 Å². The Labute approximate surface area is 97.5 Å². The van der Waals surface area contributed by atoms with E-state index in [1.54, 1.807) is 0 Å². The van der Waals surface area contributed by atoms with E-state index in [0.29, 0.717) is 0 Å². The number of ether oxygens (including phenoxy) is 1. The van der Waals surface area contributed by atoms with Gasteiger partial charge in [-0.2, -0.15) is 4.39 Å². The topological polar surface area (TPSA) is 78.4 Å². The molecule has 0 saturated heterocycles. The molecule has 2 atom stereocenters. The number of para-hydroxylation sites is 1. The summed E-state index contributed by atoms with van der Waals surface area (Å²) in [6.45, 7) is 0. The van der Waals surface area contributed by atoms with Gasteiger partial charge in [0.05, 0.1) is 4.92 Å². The third kappa shape index (κ3) is 2.36. The quantitative estimate of drug-likeness (QED) is 0.647. The van der Waals surface area contributed by atoms with E-state index in [4.69, 9.17) is 10.5 Å². The van der Waals surface area contributed by atoms with E-state index in [2.05, 4.69) is 0 Å². The molecular weight excluding hydrogens is 227 g/mol. The molecule has 1 aromatic rings. The molecule has 0 aromatic heterocycles. The highest BCUT2D eigenvalue weighted by Gasteiger charge is 2.29. The maximum atomic E-state index is 13.3. The molecule has 92 valence electrons. The lowest BCUT2D eigenvalue weighted by Gasteiger charge is -2.17. The summed E-state index contributed by atoms with van der Waals surface area (Å²) in [5, 5.41) is 10.8. The highest BCUT2D eigenvalue weighted by atomic mass is 19.1. The average molecular weight is 240 g/mol. The molecule has 2 rings (SSSR count). The van der Waals surface area contributed by atoms with Crippen molar-refractivity contribution in [1.82, 2.24) is 0 Å². The van der Waals surface area contributed by atoms with Gasteiger partial charge in [0.1, 0.15) is 6.10 Å². The van der Waals surface area contributed by atoms with Gasteiger partial charge in [0.2, 0.25) is 11.6 Å². The molecule has 6 heteroatoms. The van der Waals surface area contributed by atoms with Gasteiger partial charge in [-0.05, 0) is 31.4 Å². The molecule has 0 amide bonds. The first-order valence-electron chi connectivity index (χ1n) is 5.44. The van der Waals surface area contributed by atoms with Crippen molar-refractivity contribution in [2.45, 2.75) is 31.4 Å². The molecule has 0 spiro atoms. The summed E-state index contributed by atoms with van der Waals surface area (Å²) < 4.78 is 18.8. The van der Waals surface area contributed by atoms with Gasteiger partial charge in [-0.15, -0.1) is 0 Å². The summed E-state index contributed by atoms with van der Waals surface area (Å²) in [5.41, 5.74) is 5.18. The molecule has 1 fully saturated rings. The minimum atomic E-state index is -0.890. The standard InChI is InChI=1S/C11H13FN2O3/c12-7-3-1-6-10(11(7)14(15)16)17-9-5-2-4-8(9)13/h1,3,6,8-9H,2,4-5,13H2. The average Bonchev–Trinajstić information content (AvgIpc) is 2.64. The van der Waals surface area contributed by atoms with Crippen molar-refractivity contribution >= 4 is 5.69 Å². The van der Waals surface area contributed by atoms with Crippen LogP contribution in [0.1, 0.15) is 19.3 Å². The van der Waals surface area contributed by atoms with E-state index in [1.807, 2.05) is 0 Å². The van der Waals surface area contributed by atoms with Gasteiger partial charge in [0.15, 0.2) is 0 Å². The minimum absolute atomic E-state index is 0.0441. The molecule has 0 bridgehead atoms. The fourth-order valence-corrected chi connectivity index (χ4v) is 2.03. The number of hydrogen-bond acceptors (Lipinski definition) is 4. The lowest BCUT2D eigenvalue weighted by atomic mass is 10.2. The molecule has 0 heterocycles. The molecule has 1 aliphatic rings. The van der Waals surface area contributed by atoms with Crippen molar-refractivity contribution in [3.63, 3.8) is 0 Å². The van der Waals surface area contributed by atoms with E-state index in [1.165, 1.54) is 12.1 Å². The molecule has 1 aromatic carbocycles. The van der Waals surface area contributed by atoms with Crippen LogP contribution in [0.15, 0.2) is 18.2 Å². The number of nitro groups is 1. The van der Waals surface area contributed by atoms with Gasteiger partial charge in [-0.3, -0.25) is 10.1 Å². The van der Waals surface area contributed by atoms with Crippen molar-refractivity contribution in [3.8, 4) is 5.75 Å². The number of nitro benzene ring substituents is 1. The number of halogens is 1. The lowest BCUT2D eigenvalue weighted by molar-refractivity contribution is -0.388. The minimum Gasteiger partial charge on any atom is -0.482 e. The zero-order valence-corrected chi connectivity index (χ0v) is 9.14. The number of benzene rings is 1. The van der Waals surface area contributed by atoms with Crippen molar-refractivity contribution < 1.29 is 14.1 Å². The first-order valence-corrected chi connectivity index (χ1v) is 5.44. The Kier molecular flexibility index (Phi) is 3.23.